The van der Waals surface area contributed by atoms with Crippen molar-refractivity contribution >= 4 is 28.2 Å². The molecular weight excluding hydrogens is 364 g/mol. The van der Waals surface area contributed by atoms with Gasteiger partial charge in [0.1, 0.15) is 5.00 Å². The first-order valence-corrected chi connectivity index (χ1v) is 9.99. The number of amides is 1. The molecule has 27 heavy (non-hydrogen) atoms. The molecule has 8 heteroatoms. The van der Waals surface area contributed by atoms with Gasteiger partial charge < -0.3 is 10.1 Å². The van der Waals surface area contributed by atoms with Crippen LogP contribution in [-0.4, -0.2) is 46.8 Å². The predicted molar refractivity (Wildman–Crippen MR) is 105 cm³/mol. The zero-order valence-electron chi connectivity index (χ0n) is 16.3. The van der Waals surface area contributed by atoms with Crippen molar-refractivity contribution in [2.45, 2.75) is 39.7 Å². The maximum atomic E-state index is 12.5. The number of esters is 1. The van der Waals surface area contributed by atoms with Crippen molar-refractivity contribution in [3.63, 3.8) is 0 Å². The van der Waals surface area contributed by atoms with Crippen molar-refractivity contribution in [2.75, 3.05) is 25.5 Å². The lowest BCUT2D eigenvalue weighted by atomic mass is 10.1. The van der Waals surface area contributed by atoms with E-state index in [0.717, 1.165) is 36.1 Å². The molecule has 0 bridgehead atoms. The number of rotatable bonds is 7. The number of fused-ring (bicyclic) bond motifs is 1. The van der Waals surface area contributed by atoms with E-state index < -0.39 is 0 Å². The number of hydrogen-bond donors (Lipinski definition) is 1. The number of hydrogen-bond acceptors (Lipinski definition) is 6. The van der Waals surface area contributed by atoms with Gasteiger partial charge >= 0.3 is 5.97 Å². The number of ether oxygens (including phenoxy) is 1. The van der Waals surface area contributed by atoms with Crippen LogP contribution in [0.1, 0.15) is 45.4 Å². The zero-order valence-corrected chi connectivity index (χ0v) is 17.1. The van der Waals surface area contributed by atoms with Crippen molar-refractivity contribution in [2.24, 2.45) is 7.05 Å². The normalized spacial score (nSPS) is 13.1. The quantitative estimate of drug-likeness (QED) is 0.735. The molecule has 1 N–H and O–H groups in total. The SMILES string of the molecule is CCOC(=O)c1c(NC(=O)CN(C)Cc2cn(C)nc2C)sc2c1CCC2. The summed E-state index contributed by atoms with van der Waals surface area (Å²) in [6, 6.07) is 0. The number of thiophene rings is 1. The summed E-state index contributed by atoms with van der Waals surface area (Å²) in [6.45, 7) is 4.95. The number of aryl methyl sites for hydroxylation is 3. The number of anilines is 1. The summed E-state index contributed by atoms with van der Waals surface area (Å²) in [4.78, 5) is 28.1. The number of carbonyl (C=O) groups excluding carboxylic acids is 2. The molecule has 146 valence electrons. The Bertz CT molecular complexity index is 856. The molecule has 3 rings (SSSR count). The molecule has 0 aliphatic heterocycles. The number of carbonyl (C=O) groups is 2. The molecule has 1 amide bonds. The van der Waals surface area contributed by atoms with Crippen LogP contribution in [0.25, 0.3) is 0 Å². The first kappa shape index (κ1) is 19.6. The van der Waals surface area contributed by atoms with Crippen LogP contribution in [0.5, 0.6) is 0 Å². The van der Waals surface area contributed by atoms with Crippen molar-refractivity contribution in [1.29, 1.82) is 0 Å². The summed E-state index contributed by atoms with van der Waals surface area (Å²) in [5.74, 6) is -0.476. The van der Waals surface area contributed by atoms with Crippen LogP contribution in [0.4, 0.5) is 5.00 Å². The standard InChI is InChI=1S/C19H26N4O3S/c1-5-26-19(25)17-14-7-6-8-15(14)27-18(17)20-16(24)11-22(3)9-13-10-23(4)21-12(13)2/h10H,5-9,11H2,1-4H3,(H,20,24). The Kier molecular flexibility index (Phi) is 5.96. The topological polar surface area (TPSA) is 76.5 Å². The predicted octanol–water partition coefficient (Wildman–Crippen LogP) is 2.53. The summed E-state index contributed by atoms with van der Waals surface area (Å²) in [7, 11) is 3.78. The van der Waals surface area contributed by atoms with Gasteiger partial charge in [-0.2, -0.15) is 5.10 Å². The Morgan fingerprint density at radius 1 is 1.41 bits per heavy atom. The van der Waals surface area contributed by atoms with Crippen molar-refractivity contribution in [3.8, 4) is 0 Å². The summed E-state index contributed by atoms with van der Waals surface area (Å²) >= 11 is 1.50. The molecule has 2 aromatic rings. The maximum absolute atomic E-state index is 12.5. The summed E-state index contributed by atoms with van der Waals surface area (Å²) in [5.41, 5.74) is 3.65. The van der Waals surface area contributed by atoms with E-state index >= 15 is 0 Å². The van der Waals surface area contributed by atoms with Gasteiger partial charge in [-0.15, -0.1) is 11.3 Å². The van der Waals surface area contributed by atoms with Crippen molar-refractivity contribution in [1.82, 2.24) is 14.7 Å². The minimum Gasteiger partial charge on any atom is -0.462 e. The van der Waals surface area contributed by atoms with Gasteiger partial charge in [0, 0.05) is 30.2 Å². The second kappa shape index (κ2) is 8.22. The van der Waals surface area contributed by atoms with Gasteiger partial charge in [0.25, 0.3) is 0 Å². The number of nitrogens with one attached hydrogen (secondary N) is 1. The summed E-state index contributed by atoms with van der Waals surface area (Å²) in [6.07, 6.45) is 4.85. The largest absolute Gasteiger partial charge is 0.462 e. The highest BCUT2D eigenvalue weighted by Gasteiger charge is 2.28. The fourth-order valence-corrected chi connectivity index (χ4v) is 4.77. The minimum absolute atomic E-state index is 0.135. The van der Waals surface area contributed by atoms with Crippen LogP contribution in [-0.2, 0) is 36.0 Å². The van der Waals surface area contributed by atoms with Crippen LogP contribution < -0.4 is 5.32 Å². The van der Waals surface area contributed by atoms with Gasteiger partial charge in [0.2, 0.25) is 5.91 Å². The molecule has 0 radical (unpaired) electrons. The molecular formula is C19H26N4O3S. The van der Waals surface area contributed by atoms with E-state index in [1.165, 1.54) is 16.2 Å². The maximum Gasteiger partial charge on any atom is 0.341 e. The van der Waals surface area contributed by atoms with Crippen LogP contribution in [0.3, 0.4) is 0 Å². The van der Waals surface area contributed by atoms with Gasteiger partial charge in [0.15, 0.2) is 0 Å². The molecule has 7 nitrogen and oxygen atoms in total. The van der Waals surface area contributed by atoms with Gasteiger partial charge in [-0.1, -0.05) is 0 Å². The molecule has 0 spiro atoms. The lowest BCUT2D eigenvalue weighted by molar-refractivity contribution is -0.117. The molecule has 0 fully saturated rings. The highest BCUT2D eigenvalue weighted by atomic mass is 32.1. The van der Waals surface area contributed by atoms with E-state index in [0.29, 0.717) is 23.7 Å². The second-order valence-corrected chi connectivity index (χ2v) is 8.02. The van der Waals surface area contributed by atoms with E-state index in [4.69, 9.17) is 4.74 Å². The second-order valence-electron chi connectivity index (χ2n) is 6.92. The highest BCUT2D eigenvalue weighted by Crippen LogP contribution is 2.39. The van der Waals surface area contributed by atoms with Crippen LogP contribution >= 0.6 is 11.3 Å². The molecule has 0 atom stereocenters. The molecule has 0 saturated heterocycles. The molecule has 2 aromatic heterocycles. The fraction of sp³-hybridized carbons (Fsp3) is 0.526. The zero-order chi connectivity index (χ0) is 19.6. The molecule has 0 saturated carbocycles. The third-order valence-electron chi connectivity index (χ3n) is 4.62. The Labute approximate surface area is 163 Å². The monoisotopic (exact) mass is 390 g/mol. The first-order chi connectivity index (χ1) is 12.9. The Morgan fingerprint density at radius 3 is 2.85 bits per heavy atom. The van der Waals surface area contributed by atoms with Crippen molar-refractivity contribution in [3.05, 3.63) is 33.5 Å². The van der Waals surface area contributed by atoms with Crippen LogP contribution in [0, 0.1) is 6.92 Å². The minimum atomic E-state index is -0.341. The smallest absolute Gasteiger partial charge is 0.341 e. The van der Waals surface area contributed by atoms with E-state index in [2.05, 4.69) is 10.4 Å². The lowest BCUT2D eigenvalue weighted by Gasteiger charge is -2.16. The molecule has 1 aliphatic carbocycles. The van der Waals surface area contributed by atoms with Crippen molar-refractivity contribution < 1.29 is 14.3 Å². The Balaban J connectivity index is 1.67. The molecule has 0 unspecified atom stereocenters. The molecule has 0 aromatic carbocycles. The average Bonchev–Trinajstić information content (AvgIpc) is 3.22. The molecule has 1 aliphatic rings. The van der Waals surface area contributed by atoms with E-state index in [9.17, 15) is 9.59 Å². The highest BCUT2D eigenvalue weighted by molar-refractivity contribution is 7.17. The van der Waals surface area contributed by atoms with Gasteiger partial charge in [-0.05, 0) is 45.7 Å². The molecule has 2 heterocycles. The van der Waals surface area contributed by atoms with Crippen LogP contribution in [0.2, 0.25) is 0 Å². The third kappa shape index (κ3) is 4.39. The van der Waals surface area contributed by atoms with E-state index in [1.54, 1.807) is 11.6 Å². The lowest BCUT2D eigenvalue weighted by Crippen LogP contribution is -2.30. The van der Waals surface area contributed by atoms with Crippen LogP contribution in [0.15, 0.2) is 6.20 Å². The summed E-state index contributed by atoms with van der Waals surface area (Å²) < 4.78 is 6.98. The summed E-state index contributed by atoms with van der Waals surface area (Å²) in [5, 5.41) is 7.88. The Morgan fingerprint density at radius 2 is 2.19 bits per heavy atom. The van der Waals surface area contributed by atoms with Gasteiger partial charge in [0.05, 0.1) is 24.4 Å². The number of nitrogens with zero attached hydrogens (tertiary/aromatic N) is 3. The van der Waals surface area contributed by atoms with Gasteiger partial charge in [-0.3, -0.25) is 14.4 Å². The average molecular weight is 391 g/mol. The van der Waals surface area contributed by atoms with Gasteiger partial charge in [-0.25, -0.2) is 4.79 Å². The Hall–Kier alpha value is -2.19. The van der Waals surface area contributed by atoms with E-state index in [1.807, 2.05) is 32.1 Å². The third-order valence-corrected chi connectivity index (χ3v) is 5.83. The number of likely N-dealkylation sites (N-methyl/N-ethyl adjacent to an activating group) is 1. The first-order valence-electron chi connectivity index (χ1n) is 9.18. The van der Waals surface area contributed by atoms with E-state index in [-0.39, 0.29) is 18.4 Å². The number of aromatic nitrogens is 2. The fourth-order valence-electron chi connectivity index (χ4n) is 3.47.